The first-order chi connectivity index (χ1) is 12.2. The summed E-state index contributed by atoms with van der Waals surface area (Å²) in [7, 11) is 0. The minimum Gasteiger partial charge on any atom is -0.337 e. The standard InChI is InChI=1S/C22H27N3/c1-16(2)22-14-25(15-24-22)13-17-7-9-18(10-8-17)19-11-12-23-21-6-4-3-5-20(19)21/h3-6,11-12,14-18H,7-10,13H2,1-2H3/t17-,18+. The molecule has 0 amide bonds. The van der Waals surface area contributed by atoms with Gasteiger partial charge in [-0.2, -0.15) is 0 Å². The van der Waals surface area contributed by atoms with E-state index in [0.29, 0.717) is 11.8 Å². The zero-order chi connectivity index (χ0) is 17.2. The van der Waals surface area contributed by atoms with E-state index >= 15 is 0 Å². The van der Waals surface area contributed by atoms with Crippen LogP contribution in [0.1, 0.15) is 62.6 Å². The Morgan fingerprint density at radius 2 is 1.84 bits per heavy atom. The van der Waals surface area contributed by atoms with Gasteiger partial charge in [-0.25, -0.2) is 4.98 Å². The van der Waals surface area contributed by atoms with Gasteiger partial charge in [0, 0.05) is 24.3 Å². The molecule has 3 heteroatoms. The highest BCUT2D eigenvalue weighted by Crippen LogP contribution is 2.38. The van der Waals surface area contributed by atoms with Crippen LogP contribution < -0.4 is 0 Å². The summed E-state index contributed by atoms with van der Waals surface area (Å²) in [5.41, 5.74) is 3.83. The molecule has 0 unspecified atom stereocenters. The summed E-state index contributed by atoms with van der Waals surface area (Å²) in [5, 5.41) is 1.34. The van der Waals surface area contributed by atoms with Crippen molar-refractivity contribution in [3.8, 4) is 0 Å². The molecule has 130 valence electrons. The van der Waals surface area contributed by atoms with Crippen LogP contribution in [-0.2, 0) is 6.54 Å². The van der Waals surface area contributed by atoms with Gasteiger partial charge in [0.1, 0.15) is 0 Å². The summed E-state index contributed by atoms with van der Waals surface area (Å²) in [4.78, 5) is 9.05. The number of imidazole rings is 1. The summed E-state index contributed by atoms with van der Waals surface area (Å²) >= 11 is 0. The molecule has 1 aliphatic rings. The fraction of sp³-hybridized carbons (Fsp3) is 0.455. The van der Waals surface area contributed by atoms with Crippen LogP contribution in [0.4, 0.5) is 0 Å². The van der Waals surface area contributed by atoms with E-state index < -0.39 is 0 Å². The van der Waals surface area contributed by atoms with Gasteiger partial charge in [0.25, 0.3) is 0 Å². The Morgan fingerprint density at radius 3 is 2.60 bits per heavy atom. The SMILES string of the molecule is CC(C)c1cn(C[C@H]2CC[C@@H](c3ccnc4ccccc43)CC2)cn1. The van der Waals surface area contributed by atoms with Gasteiger partial charge in [-0.15, -0.1) is 0 Å². The summed E-state index contributed by atoms with van der Waals surface area (Å²) in [5.74, 6) is 1.97. The van der Waals surface area contributed by atoms with Crippen molar-refractivity contribution in [3.63, 3.8) is 0 Å². The fourth-order valence-electron chi connectivity index (χ4n) is 4.20. The molecule has 4 rings (SSSR count). The first kappa shape index (κ1) is 16.3. The van der Waals surface area contributed by atoms with Crippen LogP contribution in [0.25, 0.3) is 10.9 Å². The van der Waals surface area contributed by atoms with Crippen LogP contribution in [0.3, 0.4) is 0 Å². The Hall–Kier alpha value is -2.16. The lowest BCUT2D eigenvalue weighted by Gasteiger charge is -2.29. The zero-order valence-electron chi connectivity index (χ0n) is 15.2. The molecule has 0 spiro atoms. The van der Waals surface area contributed by atoms with E-state index in [1.165, 1.54) is 42.3 Å². The van der Waals surface area contributed by atoms with E-state index in [1.54, 1.807) is 0 Å². The number of nitrogens with zero attached hydrogens (tertiary/aromatic N) is 3. The lowest BCUT2D eigenvalue weighted by molar-refractivity contribution is 0.294. The molecule has 1 saturated carbocycles. The molecule has 1 aromatic carbocycles. The third-order valence-corrected chi connectivity index (χ3v) is 5.68. The van der Waals surface area contributed by atoms with Gasteiger partial charge in [0.2, 0.25) is 0 Å². The third-order valence-electron chi connectivity index (χ3n) is 5.68. The number of hydrogen-bond donors (Lipinski definition) is 0. The molecule has 1 fully saturated rings. The highest BCUT2D eigenvalue weighted by atomic mass is 15.0. The molecular formula is C22H27N3. The highest BCUT2D eigenvalue weighted by molar-refractivity contribution is 5.82. The maximum Gasteiger partial charge on any atom is 0.0949 e. The molecule has 3 nitrogen and oxygen atoms in total. The van der Waals surface area contributed by atoms with Crippen molar-refractivity contribution in [2.45, 2.75) is 57.9 Å². The molecule has 3 aromatic rings. The van der Waals surface area contributed by atoms with Crippen molar-refractivity contribution >= 4 is 10.9 Å². The number of para-hydroxylation sites is 1. The Balaban J connectivity index is 1.42. The zero-order valence-corrected chi connectivity index (χ0v) is 15.2. The Bertz CT molecular complexity index is 836. The lowest BCUT2D eigenvalue weighted by Crippen LogP contribution is -2.18. The molecule has 0 aliphatic heterocycles. The number of aromatic nitrogens is 3. The second-order valence-electron chi connectivity index (χ2n) is 7.79. The lowest BCUT2D eigenvalue weighted by atomic mass is 9.78. The van der Waals surface area contributed by atoms with Crippen molar-refractivity contribution in [2.75, 3.05) is 0 Å². The van der Waals surface area contributed by atoms with Gasteiger partial charge in [-0.3, -0.25) is 4.98 Å². The number of rotatable bonds is 4. The topological polar surface area (TPSA) is 30.7 Å². The smallest absolute Gasteiger partial charge is 0.0949 e. The molecule has 25 heavy (non-hydrogen) atoms. The Morgan fingerprint density at radius 1 is 1.04 bits per heavy atom. The molecule has 1 aliphatic carbocycles. The van der Waals surface area contributed by atoms with E-state index in [-0.39, 0.29) is 0 Å². The third kappa shape index (κ3) is 3.46. The van der Waals surface area contributed by atoms with Crippen LogP contribution in [0.2, 0.25) is 0 Å². The minimum absolute atomic E-state index is 0.511. The predicted octanol–water partition coefficient (Wildman–Crippen LogP) is 5.53. The van der Waals surface area contributed by atoms with Gasteiger partial charge in [-0.1, -0.05) is 32.0 Å². The van der Waals surface area contributed by atoms with E-state index in [4.69, 9.17) is 0 Å². The van der Waals surface area contributed by atoms with E-state index in [0.717, 1.165) is 18.0 Å². The summed E-state index contributed by atoms with van der Waals surface area (Å²) < 4.78 is 2.29. The van der Waals surface area contributed by atoms with E-state index in [9.17, 15) is 0 Å². The van der Waals surface area contributed by atoms with Gasteiger partial charge in [0.15, 0.2) is 0 Å². The first-order valence-electron chi connectivity index (χ1n) is 9.56. The van der Waals surface area contributed by atoms with Crippen LogP contribution >= 0.6 is 0 Å². The first-order valence-corrected chi connectivity index (χ1v) is 9.56. The Labute approximate surface area is 150 Å². The molecule has 0 saturated heterocycles. The van der Waals surface area contributed by atoms with Crippen LogP contribution in [0.5, 0.6) is 0 Å². The van der Waals surface area contributed by atoms with Crippen molar-refractivity contribution < 1.29 is 0 Å². The second kappa shape index (κ2) is 6.99. The number of benzene rings is 1. The van der Waals surface area contributed by atoms with Crippen molar-refractivity contribution in [1.82, 2.24) is 14.5 Å². The maximum atomic E-state index is 4.53. The van der Waals surface area contributed by atoms with E-state index in [1.807, 2.05) is 12.5 Å². The highest BCUT2D eigenvalue weighted by Gasteiger charge is 2.24. The van der Waals surface area contributed by atoms with Gasteiger partial charge >= 0.3 is 0 Å². The monoisotopic (exact) mass is 333 g/mol. The average Bonchev–Trinajstić information content (AvgIpc) is 3.11. The van der Waals surface area contributed by atoms with Gasteiger partial charge < -0.3 is 4.57 Å². The molecule has 0 bridgehead atoms. The van der Waals surface area contributed by atoms with E-state index in [2.05, 4.69) is 64.9 Å². The molecule has 0 N–H and O–H groups in total. The Kier molecular flexibility index (Phi) is 4.56. The van der Waals surface area contributed by atoms with Crippen molar-refractivity contribution in [2.24, 2.45) is 5.92 Å². The van der Waals surface area contributed by atoms with Crippen LogP contribution in [0, 0.1) is 5.92 Å². The molecule has 0 atom stereocenters. The largest absolute Gasteiger partial charge is 0.337 e. The minimum atomic E-state index is 0.511. The summed E-state index contributed by atoms with van der Waals surface area (Å²) in [6.07, 6.45) is 11.4. The number of fused-ring (bicyclic) bond motifs is 1. The van der Waals surface area contributed by atoms with Gasteiger partial charge in [0.05, 0.1) is 17.5 Å². The summed E-state index contributed by atoms with van der Waals surface area (Å²) in [6, 6.07) is 10.8. The molecule has 2 aromatic heterocycles. The normalized spacial score (nSPS) is 21.1. The molecule has 2 heterocycles. The van der Waals surface area contributed by atoms with Crippen molar-refractivity contribution in [3.05, 3.63) is 60.3 Å². The van der Waals surface area contributed by atoms with Crippen LogP contribution in [0.15, 0.2) is 49.1 Å². The second-order valence-corrected chi connectivity index (χ2v) is 7.79. The fourth-order valence-corrected chi connectivity index (χ4v) is 4.20. The quantitative estimate of drug-likeness (QED) is 0.628. The maximum absolute atomic E-state index is 4.53. The summed E-state index contributed by atoms with van der Waals surface area (Å²) in [6.45, 7) is 5.53. The van der Waals surface area contributed by atoms with Crippen LogP contribution in [-0.4, -0.2) is 14.5 Å². The molecular weight excluding hydrogens is 306 g/mol. The number of pyridine rings is 1. The average molecular weight is 333 g/mol. The predicted molar refractivity (Wildman–Crippen MR) is 103 cm³/mol. The van der Waals surface area contributed by atoms with Gasteiger partial charge in [-0.05, 0) is 61.1 Å². The molecule has 0 radical (unpaired) electrons. The van der Waals surface area contributed by atoms with Crippen molar-refractivity contribution in [1.29, 1.82) is 0 Å². The number of hydrogen-bond acceptors (Lipinski definition) is 2.